The second kappa shape index (κ2) is 5.91. The number of benzene rings is 1. The summed E-state index contributed by atoms with van der Waals surface area (Å²) in [7, 11) is 0. The third-order valence-electron chi connectivity index (χ3n) is 5.42. The van der Waals surface area contributed by atoms with E-state index in [0.29, 0.717) is 36.0 Å². The zero-order valence-corrected chi connectivity index (χ0v) is 13.9. The van der Waals surface area contributed by atoms with E-state index in [0.717, 1.165) is 42.4 Å². The Kier molecular flexibility index (Phi) is 4.12. The molecule has 0 amide bonds. The van der Waals surface area contributed by atoms with Gasteiger partial charge in [-0.25, -0.2) is 0 Å². The first-order valence-electron chi connectivity index (χ1n) is 8.49. The van der Waals surface area contributed by atoms with Crippen LogP contribution in [0.4, 0.5) is 0 Å². The van der Waals surface area contributed by atoms with E-state index in [4.69, 9.17) is 0 Å². The molecule has 4 rings (SSSR count). The van der Waals surface area contributed by atoms with Crippen molar-refractivity contribution >= 4 is 11.4 Å². The van der Waals surface area contributed by atoms with Crippen LogP contribution in [0.1, 0.15) is 60.8 Å². The van der Waals surface area contributed by atoms with Crippen molar-refractivity contribution in [3.05, 3.63) is 40.1 Å². The third-order valence-corrected chi connectivity index (χ3v) is 5.42. The minimum absolute atomic E-state index is 0.139. The van der Waals surface area contributed by atoms with Gasteiger partial charge in [0, 0.05) is 12.8 Å². The molecule has 0 atom stereocenters. The number of allylic oxidation sites excluding steroid dienone is 2. The third kappa shape index (κ3) is 2.84. The van der Waals surface area contributed by atoms with E-state index in [1.54, 1.807) is 0 Å². The van der Waals surface area contributed by atoms with E-state index in [1.165, 1.54) is 5.56 Å². The molecule has 0 aliphatic heterocycles. The fourth-order valence-corrected chi connectivity index (χ4v) is 4.40. The number of hydrogen-bond acceptors (Lipinski definition) is 2. The summed E-state index contributed by atoms with van der Waals surface area (Å²) in [5, 5.41) is 10.7. The predicted molar refractivity (Wildman–Crippen MR) is 89.9 cm³/mol. The quantitative estimate of drug-likeness (QED) is 0.787. The van der Waals surface area contributed by atoms with Crippen molar-refractivity contribution in [1.29, 1.82) is 0 Å². The molecule has 0 unspecified atom stereocenters. The van der Waals surface area contributed by atoms with Crippen LogP contribution in [0.15, 0.2) is 17.9 Å². The maximum atomic E-state index is 12.9. The molecule has 1 aromatic rings. The molecule has 3 aliphatic carbocycles. The Bertz CT molecular complexity index is 608. The molecular formula is C20H26O2. The monoisotopic (exact) mass is 298 g/mol. The Morgan fingerprint density at radius 2 is 1.41 bits per heavy atom. The topological polar surface area (TPSA) is 37.3 Å². The molecule has 3 aliphatic rings. The van der Waals surface area contributed by atoms with Gasteiger partial charge in [-0.15, -0.1) is 0 Å². The molecule has 2 bridgehead atoms. The molecule has 1 aromatic carbocycles. The highest BCUT2D eigenvalue weighted by atomic mass is 16.3. The van der Waals surface area contributed by atoms with Crippen molar-refractivity contribution in [2.75, 3.05) is 0 Å². The molecular weight excluding hydrogens is 272 g/mol. The van der Waals surface area contributed by atoms with E-state index in [-0.39, 0.29) is 5.78 Å². The maximum absolute atomic E-state index is 12.9. The largest absolute Gasteiger partial charge is 0.512 e. The maximum Gasteiger partial charge on any atom is 0.167 e. The first kappa shape index (κ1) is 15.3. The Hall–Kier alpha value is -1.57. The average molecular weight is 298 g/mol. The Morgan fingerprint density at radius 3 is 1.95 bits per heavy atom. The van der Waals surface area contributed by atoms with Crippen molar-refractivity contribution in [3.8, 4) is 0 Å². The second-order valence-corrected chi connectivity index (χ2v) is 7.31. The second-order valence-electron chi connectivity index (χ2n) is 7.31. The molecule has 0 saturated heterocycles. The van der Waals surface area contributed by atoms with Gasteiger partial charge in [0.1, 0.15) is 5.76 Å². The Balaban J connectivity index is 2.12. The highest BCUT2D eigenvalue weighted by Crippen LogP contribution is 2.40. The summed E-state index contributed by atoms with van der Waals surface area (Å²) in [5.74, 6) is 1.52. The van der Waals surface area contributed by atoms with Gasteiger partial charge in [0.15, 0.2) is 5.78 Å². The lowest BCUT2D eigenvalue weighted by Gasteiger charge is -2.26. The van der Waals surface area contributed by atoms with Gasteiger partial charge in [-0.05, 0) is 75.0 Å². The van der Waals surface area contributed by atoms with Gasteiger partial charge in [-0.3, -0.25) is 4.79 Å². The Morgan fingerprint density at radius 1 is 0.909 bits per heavy atom. The SMILES string of the molecule is Cc1cc(C)c(/C2=C(\O)C[C@H]3CC[C@H](CC3)CC2=O)c(C)c1. The number of aliphatic hydroxyl groups is 1. The van der Waals surface area contributed by atoms with Gasteiger partial charge in [0.2, 0.25) is 0 Å². The molecule has 2 heteroatoms. The van der Waals surface area contributed by atoms with E-state index in [9.17, 15) is 9.90 Å². The minimum Gasteiger partial charge on any atom is -0.512 e. The number of Topliss-reactive ketones (excluding diaryl/α,β-unsaturated/α-hetero) is 1. The van der Waals surface area contributed by atoms with E-state index >= 15 is 0 Å². The highest BCUT2D eigenvalue weighted by molar-refractivity contribution is 6.22. The summed E-state index contributed by atoms with van der Waals surface area (Å²) in [6.45, 7) is 6.16. The fraction of sp³-hybridized carbons (Fsp3) is 0.550. The van der Waals surface area contributed by atoms with Crippen molar-refractivity contribution in [2.24, 2.45) is 11.8 Å². The van der Waals surface area contributed by atoms with Gasteiger partial charge in [-0.2, -0.15) is 0 Å². The van der Waals surface area contributed by atoms with Crippen LogP contribution < -0.4 is 0 Å². The summed E-state index contributed by atoms with van der Waals surface area (Å²) < 4.78 is 0. The van der Waals surface area contributed by atoms with Gasteiger partial charge in [-0.1, -0.05) is 17.7 Å². The van der Waals surface area contributed by atoms with E-state index < -0.39 is 0 Å². The van der Waals surface area contributed by atoms with Gasteiger partial charge < -0.3 is 5.11 Å². The molecule has 118 valence electrons. The summed E-state index contributed by atoms with van der Waals surface area (Å²) >= 11 is 0. The normalized spacial score (nSPS) is 29.1. The molecule has 1 N–H and O–H groups in total. The lowest BCUT2D eigenvalue weighted by atomic mass is 9.79. The highest BCUT2D eigenvalue weighted by Gasteiger charge is 2.31. The van der Waals surface area contributed by atoms with Crippen LogP contribution in [0.3, 0.4) is 0 Å². The first-order valence-corrected chi connectivity index (χ1v) is 8.49. The van der Waals surface area contributed by atoms with Crippen molar-refractivity contribution in [3.63, 3.8) is 0 Å². The Labute approximate surface area is 133 Å². The van der Waals surface area contributed by atoms with Crippen LogP contribution in [0.25, 0.3) is 5.57 Å². The van der Waals surface area contributed by atoms with Crippen LogP contribution >= 0.6 is 0 Å². The van der Waals surface area contributed by atoms with Crippen molar-refractivity contribution in [2.45, 2.75) is 59.3 Å². The number of ketones is 1. The molecule has 1 fully saturated rings. The number of aliphatic hydroxyl groups excluding tert-OH is 1. The summed E-state index contributed by atoms with van der Waals surface area (Å²) in [5.41, 5.74) is 4.97. The van der Waals surface area contributed by atoms with Crippen molar-refractivity contribution in [1.82, 2.24) is 0 Å². The number of carbonyl (C=O) groups is 1. The van der Waals surface area contributed by atoms with Gasteiger partial charge >= 0.3 is 0 Å². The molecule has 0 aromatic heterocycles. The van der Waals surface area contributed by atoms with Crippen LogP contribution in [0.5, 0.6) is 0 Å². The standard InChI is InChI=1S/C20H26O2/c1-12-8-13(2)19(14(3)9-12)20-17(21)10-15-4-5-16(7-6-15)11-18(20)22/h8-9,15-16,21H,4-7,10-11H2,1-3H3/b20-17-/t15-,16+. The molecule has 2 nitrogen and oxygen atoms in total. The lowest BCUT2D eigenvalue weighted by Crippen LogP contribution is -2.16. The zero-order valence-electron chi connectivity index (χ0n) is 13.9. The summed E-state index contributed by atoms with van der Waals surface area (Å²) in [4.78, 5) is 12.9. The molecule has 0 radical (unpaired) electrons. The zero-order chi connectivity index (χ0) is 15.9. The first-order chi connectivity index (χ1) is 10.5. The van der Waals surface area contributed by atoms with E-state index in [2.05, 4.69) is 19.1 Å². The van der Waals surface area contributed by atoms with Crippen LogP contribution in [-0.2, 0) is 4.79 Å². The fourth-order valence-electron chi connectivity index (χ4n) is 4.40. The van der Waals surface area contributed by atoms with Crippen LogP contribution in [0, 0.1) is 32.6 Å². The number of hydrogen-bond donors (Lipinski definition) is 1. The summed E-state index contributed by atoms with van der Waals surface area (Å²) in [6.07, 6.45) is 5.85. The minimum atomic E-state index is 0.139. The number of aryl methyl sites for hydroxylation is 3. The van der Waals surface area contributed by atoms with Gasteiger partial charge in [0.25, 0.3) is 0 Å². The van der Waals surface area contributed by atoms with E-state index in [1.807, 2.05) is 13.8 Å². The lowest BCUT2D eigenvalue weighted by molar-refractivity contribution is -0.114. The molecule has 22 heavy (non-hydrogen) atoms. The smallest absolute Gasteiger partial charge is 0.167 e. The van der Waals surface area contributed by atoms with Gasteiger partial charge in [0.05, 0.1) is 5.57 Å². The molecule has 0 heterocycles. The van der Waals surface area contributed by atoms with Crippen LogP contribution in [0.2, 0.25) is 0 Å². The van der Waals surface area contributed by atoms with Crippen molar-refractivity contribution < 1.29 is 9.90 Å². The predicted octanol–water partition coefficient (Wildman–Crippen LogP) is 5.05. The van der Waals surface area contributed by atoms with Crippen LogP contribution in [-0.4, -0.2) is 10.9 Å². The average Bonchev–Trinajstić information content (AvgIpc) is 2.52. The number of fused-ring (bicyclic) bond motifs is 5. The summed E-state index contributed by atoms with van der Waals surface area (Å²) in [6, 6.07) is 4.22. The molecule has 1 saturated carbocycles. The number of rotatable bonds is 1. The molecule has 0 spiro atoms. The number of carbonyl (C=O) groups excluding carboxylic acids is 1.